The molecular formula is C22H32N4O4S. The Hall–Kier alpha value is -2.49. The van der Waals surface area contributed by atoms with Crippen molar-refractivity contribution in [2.75, 3.05) is 25.0 Å². The number of hydrogen-bond acceptors (Lipinski definition) is 6. The molecule has 170 valence electrons. The van der Waals surface area contributed by atoms with E-state index >= 15 is 0 Å². The molecule has 0 radical (unpaired) electrons. The number of rotatable bonds is 11. The van der Waals surface area contributed by atoms with Crippen molar-refractivity contribution >= 4 is 21.4 Å². The highest BCUT2D eigenvalue weighted by Gasteiger charge is 2.23. The normalized spacial score (nSPS) is 12.0. The molecule has 0 atom stereocenters. The zero-order chi connectivity index (χ0) is 23.2. The highest BCUT2D eigenvalue weighted by molar-refractivity contribution is 7.89. The van der Waals surface area contributed by atoms with E-state index in [0.717, 1.165) is 11.6 Å². The topological polar surface area (TPSA) is 95.8 Å². The Morgan fingerprint density at radius 1 is 1.03 bits per heavy atom. The third kappa shape index (κ3) is 6.75. The zero-order valence-electron chi connectivity index (χ0n) is 18.8. The van der Waals surface area contributed by atoms with E-state index in [-0.39, 0.29) is 29.2 Å². The minimum Gasteiger partial charge on any atom is -0.365 e. The van der Waals surface area contributed by atoms with Gasteiger partial charge < -0.3 is 4.90 Å². The summed E-state index contributed by atoms with van der Waals surface area (Å²) in [6.07, 6.45) is 0. The Kier molecular flexibility index (Phi) is 8.55. The third-order valence-electron chi connectivity index (χ3n) is 5.12. The van der Waals surface area contributed by atoms with Crippen molar-refractivity contribution in [3.63, 3.8) is 0 Å². The Morgan fingerprint density at radius 3 is 2.19 bits per heavy atom. The first-order valence-electron chi connectivity index (χ1n) is 10.3. The van der Waals surface area contributed by atoms with Gasteiger partial charge in [0.2, 0.25) is 10.0 Å². The quantitative estimate of drug-likeness (QED) is 0.417. The van der Waals surface area contributed by atoms with E-state index in [1.165, 1.54) is 12.1 Å². The molecule has 1 N–H and O–H groups in total. The lowest BCUT2D eigenvalue weighted by molar-refractivity contribution is -0.384. The summed E-state index contributed by atoms with van der Waals surface area (Å²) in [7, 11) is -2.12. The van der Waals surface area contributed by atoms with E-state index in [4.69, 9.17) is 0 Å². The second kappa shape index (κ2) is 10.7. The largest absolute Gasteiger partial charge is 0.365 e. The molecule has 0 spiro atoms. The number of nitrogens with zero attached hydrogens (tertiary/aromatic N) is 3. The van der Waals surface area contributed by atoms with E-state index in [9.17, 15) is 18.5 Å². The molecule has 0 aliphatic heterocycles. The maximum Gasteiger partial charge on any atom is 0.293 e. The van der Waals surface area contributed by atoms with E-state index < -0.39 is 14.9 Å². The van der Waals surface area contributed by atoms with Crippen LogP contribution in [-0.4, -0.2) is 50.5 Å². The van der Waals surface area contributed by atoms with Crippen molar-refractivity contribution in [2.24, 2.45) is 0 Å². The summed E-state index contributed by atoms with van der Waals surface area (Å²) >= 11 is 0. The number of anilines is 1. The lowest BCUT2D eigenvalue weighted by atomic mass is 10.2. The van der Waals surface area contributed by atoms with E-state index in [2.05, 4.69) is 37.3 Å². The molecule has 0 aliphatic rings. The summed E-state index contributed by atoms with van der Waals surface area (Å²) in [4.78, 5) is 14.9. The number of nitro benzene ring substituents is 1. The van der Waals surface area contributed by atoms with E-state index in [1.54, 1.807) is 11.9 Å². The zero-order valence-corrected chi connectivity index (χ0v) is 19.6. The molecule has 0 heterocycles. The van der Waals surface area contributed by atoms with Gasteiger partial charge in [-0.3, -0.25) is 15.0 Å². The van der Waals surface area contributed by atoms with Crippen molar-refractivity contribution in [3.8, 4) is 0 Å². The van der Waals surface area contributed by atoms with Crippen LogP contribution in [0.1, 0.15) is 33.3 Å². The summed E-state index contributed by atoms with van der Waals surface area (Å²) in [6.45, 7) is 9.47. The predicted molar refractivity (Wildman–Crippen MR) is 124 cm³/mol. The van der Waals surface area contributed by atoms with Crippen LogP contribution < -0.4 is 9.62 Å². The molecule has 0 aliphatic carbocycles. The van der Waals surface area contributed by atoms with Gasteiger partial charge in [0.15, 0.2) is 0 Å². The van der Waals surface area contributed by atoms with E-state index in [1.807, 2.05) is 30.3 Å². The van der Waals surface area contributed by atoms with Crippen LogP contribution in [0, 0.1) is 10.1 Å². The lowest BCUT2D eigenvalue weighted by Crippen LogP contribution is -2.42. The van der Waals surface area contributed by atoms with Crippen molar-refractivity contribution in [1.82, 2.24) is 9.62 Å². The van der Waals surface area contributed by atoms with Crippen molar-refractivity contribution in [3.05, 3.63) is 64.2 Å². The molecule has 0 bridgehead atoms. The van der Waals surface area contributed by atoms with Crippen LogP contribution in [0.15, 0.2) is 53.4 Å². The van der Waals surface area contributed by atoms with Crippen LogP contribution in [0.2, 0.25) is 0 Å². The summed E-state index contributed by atoms with van der Waals surface area (Å²) in [5, 5.41) is 11.7. The Bertz CT molecular complexity index is 970. The molecule has 0 unspecified atom stereocenters. The van der Waals surface area contributed by atoms with Crippen LogP contribution in [0.5, 0.6) is 0 Å². The highest BCUT2D eigenvalue weighted by Crippen LogP contribution is 2.31. The summed E-state index contributed by atoms with van der Waals surface area (Å²) < 4.78 is 28.0. The van der Waals surface area contributed by atoms with Gasteiger partial charge in [0.25, 0.3) is 5.69 Å². The molecule has 0 saturated carbocycles. The van der Waals surface area contributed by atoms with Crippen LogP contribution in [0.3, 0.4) is 0 Å². The van der Waals surface area contributed by atoms with Crippen LogP contribution in [-0.2, 0) is 16.6 Å². The SMILES string of the molecule is CC(C)N(CCNS(=O)(=O)c1ccc(N(C)Cc2ccccc2)c([N+](=O)[O-])c1)C(C)C. The number of nitrogens with one attached hydrogen (secondary N) is 1. The minimum absolute atomic E-state index is 0.114. The van der Waals surface area contributed by atoms with Crippen molar-refractivity contribution < 1.29 is 13.3 Å². The average Bonchev–Trinajstić information content (AvgIpc) is 2.70. The highest BCUT2D eigenvalue weighted by atomic mass is 32.2. The van der Waals surface area contributed by atoms with Gasteiger partial charge in [-0.05, 0) is 45.4 Å². The molecule has 2 rings (SSSR count). The third-order valence-corrected chi connectivity index (χ3v) is 6.58. The molecule has 2 aromatic carbocycles. The molecule has 0 amide bonds. The Morgan fingerprint density at radius 2 is 1.65 bits per heavy atom. The fourth-order valence-corrected chi connectivity index (χ4v) is 4.63. The fourth-order valence-electron chi connectivity index (χ4n) is 3.59. The maximum absolute atomic E-state index is 12.7. The predicted octanol–water partition coefficient (Wildman–Crippen LogP) is 3.63. The van der Waals surface area contributed by atoms with Gasteiger partial charge in [-0.15, -0.1) is 0 Å². The molecule has 0 fully saturated rings. The average molecular weight is 449 g/mol. The monoisotopic (exact) mass is 448 g/mol. The van der Waals surface area contributed by atoms with Gasteiger partial charge >= 0.3 is 0 Å². The summed E-state index contributed by atoms with van der Waals surface area (Å²) in [5.41, 5.74) is 1.11. The van der Waals surface area contributed by atoms with Crippen LogP contribution >= 0.6 is 0 Å². The number of sulfonamides is 1. The summed E-state index contributed by atoms with van der Waals surface area (Å²) in [6, 6.07) is 14.2. The molecular weight excluding hydrogens is 416 g/mol. The van der Waals surface area contributed by atoms with Gasteiger partial charge in [-0.1, -0.05) is 30.3 Å². The first-order valence-corrected chi connectivity index (χ1v) is 11.8. The van der Waals surface area contributed by atoms with Gasteiger partial charge in [0, 0.05) is 44.8 Å². The van der Waals surface area contributed by atoms with Crippen LogP contribution in [0.25, 0.3) is 0 Å². The first kappa shape index (κ1) is 24.8. The molecule has 0 saturated heterocycles. The van der Waals surface area contributed by atoms with Gasteiger partial charge in [0.1, 0.15) is 5.69 Å². The number of nitro groups is 1. The standard InChI is InChI=1S/C22H32N4O4S/c1-17(2)25(18(3)4)14-13-23-31(29,30)20-11-12-21(22(15-20)26(27)28)24(5)16-19-9-7-6-8-10-19/h6-12,15,17-18,23H,13-14,16H2,1-5H3. The van der Waals surface area contributed by atoms with Crippen molar-refractivity contribution in [1.29, 1.82) is 0 Å². The molecule has 0 aromatic heterocycles. The maximum atomic E-state index is 12.7. The fraction of sp³-hybridized carbons (Fsp3) is 0.455. The Labute approximate surface area is 185 Å². The van der Waals surface area contributed by atoms with Gasteiger partial charge in [0.05, 0.1) is 9.82 Å². The Balaban J connectivity index is 2.19. The molecule has 9 heteroatoms. The second-order valence-electron chi connectivity index (χ2n) is 8.07. The molecule has 31 heavy (non-hydrogen) atoms. The first-order chi connectivity index (χ1) is 14.5. The van der Waals surface area contributed by atoms with Gasteiger partial charge in [-0.2, -0.15) is 0 Å². The van der Waals surface area contributed by atoms with Gasteiger partial charge in [-0.25, -0.2) is 13.1 Å². The number of benzene rings is 2. The smallest absolute Gasteiger partial charge is 0.293 e. The number of hydrogen-bond donors (Lipinski definition) is 1. The summed E-state index contributed by atoms with van der Waals surface area (Å²) in [5.74, 6) is 0. The van der Waals surface area contributed by atoms with Crippen molar-refractivity contribution in [2.45, 2.75) is 51.2 Å². The molecule has 8 nitrogen and oxygen atoms in total. The second-order valence-corrected chi connectivity index (χ2v) is 9.84. The van der Waals surface area contributed by atoms with Crippen LogP contribution in [0.4, 0.5) is 11.4 Å². The molecule has 2 aromatic rings. The van der Waals surface area contributed by atoms with E-state index in [0.29, 0.717) is 18.8 Å². The lowest BCUT2D eigenvalue weighted by Gasteiger charge is -2.30. The minimum atomic E-state index is -3.86.